The SMILES string of the molecule is CCCCCCCC/C=C\CCCCCCCCNC(=O)C(CCCCNSC)NC(=O)CCCCC(=O)NC(CCCCNSC)C(=O)NCCCCCCCC/C=C\CCCCCCCC. The van der Waals surface area contributed by atoms with Crippen molar-refractivity contribution in [3.05, 3.63) is 24.3 Å². The van der Waals surface area contributed by atoms with Crippen LogP contribution in [0, 0.1) is 0 Å². The van der Waals surface area contributed by atoms with Crippen LogP contribution in [-0.2, 0) is 19.2 Å². The number of hydrogen-bond donors (Lipinski definition) is 6. The summed E-state index contributed by atoms with van der Waals surface area (Å²) in [7, 11) is 0. The quantitative estimate of drug-likeness (QED) is 0.0201. The molecule has 0 bridgehead atoms. The van der Waals surface area contributed by atoms with E-state index in [0.717, 1.165) is 64.5 Å². The van der Waals surface area contributed by atoms with E-state index in [9.17, 15) is 19.2 Å². The largest absolute Gasteiger partial charge is 0.354 e. The smallest absolute Gasteiger partial charge is 0.242 e. The molecule has 0 aromatic carbocycles. The minimum absolute atomic E-state index is 0.107. The molecule has 0 saturated carbocycles. The summed E-state index contributed by atoms with van der Waals surface area (Å²) < 4.78 is 6.51. The predicted molar refractivity (Wildman–Crippen MR) is 298 cm³/mol. The third kappa shape index (κ3) is 47.6. The Labute approximate surface area is 428 Å². The molecule has 0 radical (unpaired) electrons. The molecule has 12 heteroatoms. The molecule has 0 spiro atoms. The summed E-state index contributed by atoms with van der Waals surface area (Å²) >= 11 is 3.17. The second kappa shape index (κ2) is 54.3. The molecule has 0 aromatic heterocycles. The maximum Gasteiger partial charge on any atom is 0.242 e. The number of unbranched alkanes of at least 4 members (excludes halogenated alkanes) is 27. The van der Waals surface area contributed by atoms with E-state index in [1.807, 2.05) is 12.5 Å². The van der Waals surface area contributed by atoms with Gasteiger partial charge in [0.1, 0.15) is 12.1 Å². The summed E-state index contributed by atoms with van der Waals surface area (Å²) in [6.07, 6.45) is 54.7. The van der Waals surface area contributed by atoms with Gasteiger partial charge in [0.2, 0.25) is 23.6 Å². The summed E-state index contributed by atoms with van der Waals surface area (Å²) in [5.74, 6) is -0.533. The first kappa shape index (κ1) is 66.0. The highest BCUT2D eigenvalue weighted by Gasteiger charge is 2.22. The van der Waals surface area contributed by atoms with Crippen LogP contribution in [0.5, 0.6) is 0 Å². The van der Waals surface area contributed by atoms with Gasteiger partial charge < -0.3 is 21.3 Å². The molecular weight excluding hydrogens is 885 g/mol. The summed E-state index contributed by atoms with van der Waals surface area (Å²) in [5, 5.41) is 12.2. The van der Waals surface area contributed by atoms with Gasteiger partial charge >= 0.3 is 0 Å². The highest BCUT2D eigenvalue weighted by atomic mass is 32.2. The molecule has 0 saturated heterocycles. The molecule has 10 nitrogen and oxygen atoms in total. The van der Waals surface area contributed by atoms with Crippen molar-refractivity contribution >= 4 is 47.5 Å². The van der Waals surface area contributed by atoms with Crippen molar-refractivity contribution in [2.24, 2.45) is 0 Å². The lowest BCUT2D eigenvalue weighted by Gasteiger charge is -2.19. The van der Waals surface area contributed by atoms with Crippen LogP contribution in [0.1, 0.15) is 258 Å². The van der Waals surface area contributed by atoms with Gasteiger partial charge in [-0.15, -0.1) is 0 Å². The summed E-state index contributed by atoms with van der Waals surface area (Å²) in [6.45, 7) is 7.50. The molecular formula is C56H108N6O4S2. The van der Waals surface area contributed by atoms with E-state index < -0.39 is 12.1 Å². The Hall–Kier alpha value is -2.02. The van der Waals surface area contributed by atoms with Crippen LogP contribution in [-0.4, -0.2) is 74.4 Å². The molecule has 0 aliphatic heterocycles. The lowest BCUT2D eigenvalue weighted by atomic mass is 10.1. The first-order valence-corrected chi connectivity index (χ1v) is 30.8. The van der Waals surface area contributed by atoms with Crippen molar-refractivity contribution in [3.63, 3.8) is 0 Å². The van der Waals surface area contributed by atoms with Gasteiger partial charge in [-0.1, -0.05) is 178 Å². The normalized spacial score (nSPS) is 12.5. The first-order valence-electron chi connectivity index (χ1n) is 28.3. The van der Waals surface area contributed by atoms with Crippen LogP contribution in [0.15, 0.2) is 24.3 Å². The molecule has 0 fully saturated rings. The van der Waals surface area contributed by atoms with E-state index in [4.69, 9.17) is 0 Å². The van der Waals surface area contributed by atoms with E-state index in [-0.39, 0.29) is 36.5 Å². The van der Waals surface area contributed by atoms with Crippen LogP contribution in [0.3, 0.4) is 0 Å². The second-order valence-electron chi connectivity index (χ2n) is 19.1. The Bertz CT molecular complexity index is 1120. The number of hydrogen-bond acceptors (Lipinski definition) is 8. The molecule has 0 aliphatic carbocycles. The zero-order chi connectivity index (χ0) is 49.6. The Morgan fingerprint density at radius 3 is 0.985 bits per heavy atom. The summed E-state index contributed by atoms with van der Waals surface area (Å²) in [4.78, 5) is 52.6. The topological polar surface area (TPSA) is 140 Å². The highest BCUT2D eigenvalue weighted by Crippen LogP contribution is 2.13. The van der Waals surface area contributed by atoms with Crippen LogP contribution >= 0.6 is 23.9 Å². The molecule has 0 aromatic rings. The molecule has 2 unspecified atom stereocenters. The summed E-state index contributed by atoms with van der Waals surface area (Å²) in [5.41, 5.74) is 0. The van der Waals surface area contributed by atoms with Crippen molar-refractivity contribution in [1.82, 2.24) is 30.7 Å². The number of allylic oxidation sites excluding steroid dienone is 4. The molecule has 6 N–H and O–H groups in total. The number of carbonyl (C=O) groups excluding carboxylic acids is 4. The van der Waals surface area contributed by atoms with Gasteiger partial charge in [0, 0.05) is 39.0 Å². The van der Waals surface area contributed by atoms with E-state index >= 15 is 0 Å². The minimum Gasteiger partial charge on any atom is -0.354 e. The van der Waals surface area contributed by atoms with Crippen LogP contribution in [0.2, 0.25) is 0 Å². The average Bonchev–Trinajstić information content (AvgIpc) is 3.33. The van der Waals surface area contributed by atoms with E-state index in [0.29, 0.717) is 38.8 Å². The first-order chi connectivity index (χ1) is 33.4. The van der Waals surface area contributed by atoms with Crippen molar-refractivity contribution in [1.29, 1.82) is 0 Å². The van der Waals surface area contributed by atoms with E-state index in [1.54, 1.807) is 23.9 Å². The zero-order valence-electron chi connectivity index (χ0n) is 44.6. The third-order valence-electron chi connectivity index (χ3n) is 12.7. The molecule has 0 rings (SSSR count). The van der Waals surface area contributed by atoms with Gasteiger partial charge in [-0.3, -0.25) is 28.6 Å². The van der Waals surface area contributed by atoms with Crippen molar-refractivity contribution in [3.8, 4) is 0 Å². The fraction of sp³-hybridized carbons (Fsp3) is 0.857. The van der Waals surface area contributed by atoms with Gasteiger partial charge in [-0.05, 0) is 128 Å². The Morgan fingerprint density at radius 1 is 0.368 bits per heavy atom. The van der Waals surface area contributed by atoms with Crippen molar-refractivity contribution in [2.75, 3.05) is 38.7 Å². The van der Waals surface area contributed by atoms with E-state index in [1.165, 1.54) is 154 Å². The number of nitrogens with one attached hydrogen (secondary N) is 6. The Morgan fingerprint density at radius 2 is 0.662 bits per heavy atom. The van der Waals surface area contributed by atoms with Crippen molar-refractivity contribution in [2.45, 2.75) is 270 Å². The average molecular weight is 994 g/mol. The fourth-order valence-corrected chi connectivity index (χ4v) is 9.05. The lowest BCUT2D eigenvalue weighted by Crippen LogP contribution is -2.47. The molecule has 398 valence electrons. The molecule has 68 heavy (non-hydrogen) atoms. The monoisotopic (exact) mass is 993 g/mol. The van der Waals surface area contributed by atoms with Gasteiger partial charge in [0.25, 0.3) is 0 Å². The molecule has 2 atom stereocenters. The van der Waals surface area contributed by atoms with Crippen LogP contribution in [0.4, 0.5) is 0 Å². The standard InChI is InChI=1S/C56H108N6O4S2/c1-5-7-9-11-13-15-17-19-21-23-25-27-29-31-33-39-47-57-55(65)51(43-37-41-49-59-67-3)61-53(63)45-35-36-46-54(64)62-52(44-38-42-50-60-68-4)56(66)58-48-40-34-32-30-28-26-24-22-20-18-16-14-12-10-8-6-2/h19-22,51-52,59-60H,5-18,23-50H2,1-4H3,(H,57,65)(H,58,66)(H,61,63)(H,62,64)/b21-19-,22-20-. The maximum atomic E-state index is 13.2. The minimum atomic E-state index is -0.559. The van der Waals surface area contributed by atoms with Crippen molar-refractivity contribution < 1.29 is 19.2 Å². The number of carbonyl (C=O) groups is 4. The molecule has 4 amide bonds. The second-order valence-corrected chi connectivity index (χ2v) is 20.5. The summed E-state index contributed by atoms with van der Waals surface area (Å²) in [6, 6.07) is -1.12. The van der Waals surface area contributed by atoms with Gasteiger partial charge in [-0.2, -0.15) is 0 Å². The van der Waals surface area contributed by atoms with Gasteiger partial charge in [0.05, 0.1) is 0 Å². The molecule has 0 heterocycles. The van der Waals surface area contributed by atoms with E-state index in [2.05, 4.69) is 68.9 Å². The lowest BCUT2D eigenvalue weighted by molar-refractivity contribution is -0.129. The van der Waals surface area contributed by atoms with Gasteiger partial charge in [0.15, 0.2) is 0 Å². The number of rotatable bonds is 53. The Balaban J connectivity index is 4.52. The van der Waals surface area contributed by atoms with Gasteiger partial charge in [-0.25, -0.2) is 0 Å². The predicted octanol–water partition coefficient (Wildman–Crippen LogP) is 13.9. The zero-order valence-corrected chi connectivity index (χ0v) is 46.2. The maximum absolute atomic E-state index is 13.2. The van der Waals surface area contributed by atoms with Crippen LogP contribution < -0.4 is 30.7 Å². The fourth-order valence-electron chi connectivity index (χ4n) is 8.35. The Kier molecular flexibility index (Phi) is 52.7. The number of amides is 4. The molecule has 0 aliphatic rings. The third-order valence-corrected chi connectivity index (χ3v) is 13.7. The van der Waals surface area contributed by atoms with Crippen LogP contribution in [0.25, 0.3) is 0 Å². The highest BCUT2D eigenvalue weighted by molar-refractivity contribution is 7.96.